The van der Waals surface area contributed by atoms with Crippen molar-refractivity contribution in [1.29, 1.82) is 0 Å². The first-order valence-electron chi connectivity index (χ1n) is 7.34. The van der Waals surface area contributed by atoms with E-state index in [4.69, 9.17) is 27.9 Å². The van der Waals surface area contributed by atoms with Crippen LogP contribution in [0.2, 0.25) is 10.0 Å². The third-order valence-electron chi connectivity index (χ3n) is 3.59. The maximum absolute atomic E-state index is 13.1. The molecule has 130 valence electrons. The fourth-order valence-corrected chi connectivity index (χ4v) is 3.24. The van der Waals surface area contributed by atoms with Crippen LogP contribution in [0.5, 0.6) is 5.88 Å². The molecule has 0 saturated carbocycles. The molecule has 0 aliphatic carbocycles. The Balaban J connectivity index is 1.89. The summed E-state index contributed by atoms with van der Waals surface area (Å²) < 4.78 is 20.1. The van der Waals surface area contributed by atoms with Crippen LogP contribution in [-0.4, -0.2) is 15.7 Å². The van der Waals surface area contributed by atoms with Gasteiger partial charge in [0.25, 0.3) is 0 Å². The topological polar surface area (TPSA) is 44.1 Å². The second kappa shape index (κ2) is 7.15. The number of aromatic nitrogens is 2. The molecule has 2 heterocycles. The molecule has 1 atom stereocenters. The lowest BCUT2D eigenvalue weighted by atomic mass is 10.1. The van der Waals surface area contributed by atoms with Gasteiger partial charge in [-0.05, 0) is 43.7 Å². The zero-order valence-corrected chi connectivity index (χ0v) is 15.6. The molecule has 4 nitrogen and oxygen atoms in total. The van der Waals surface area contributed by atoms with E-state index in [0.717, 1.165) is 16.9 Å². The van der Waals surface area contributed by atoms with E-state index in [1.165, 1.54) is 12.1 Å². The molecular formula is C17H13Cl2FN2O2S. The van der Waals surface area contributed by atoms with Gasteiger partial charge in [0.1, 0.15) is 4.88 Å². The van der Waals surface area contributed by atoms with Crippen LogP contribution in [-0.2, 0) is 0 Å². The second-order valence-corrected chi connectivity index (χ2v) is 7.26. The van der Waals surface area contributed by atoms with Gasteiger partial charge in [0.2, 0.25) is 5.88 Å². The Morgan fingerprint density at radius 2 is 2.00 bits per heavy atom. The SMILES string of the molecule is Cc1cc(OC(=O)c2ccc(F)s2)n(C(C)c2ccc(Cl)c(Cl)c2)n1. The van der Waals surface area contributed by atoms with Crippen molar-refractivity contribution in [3.8, 4) is 5.88 Å². The van der Waals surface area contributed by atoms with Crippen LogP contribution in [0, 0.1) is 12.1 Å². The van der Waals surface area contributed by atoms with Gasteiger partial charge < -0.3 is 4.74 Å². The van der Waals surface area contributed by atoms with Crippen molar-refractivity contribution in [2.45, 2.75) is 19.9 Å². The largest absolute Gasteiger partial charge is 0.404 e. The highest BCUT2D eigenvalue weighted by molar-refractivity contribution is 7.12. The number of halogens is 3. The first kappa shape index (κ1) is 17.9. The lowest BCUT2D eigenvalue weighted by Gasteiger charge is -2.16. The minimum Gasteiger partial charge on any atom is -0.404 e. The van der Waals surface area contributed by atoms with Gasteiger partial charge in [-0.25, -0.2) is 9.48 Å². The van der Waals surface area contributed by atoms with Gasteiger partial charge in [0.15, 0.2) is 5.13 Å². The molecule has 0 N–H and O–H groups in total. The van der Waals surface area contributed by atoms with E-state index in [9.17, 15) is 9.18 Å². The summed E-state index contributed by atoms with van der Waals surface area (Å²) in [5.74, 6) is -0.355. The number of benzene rings is 1. The van der Waals surface area contributed by atoms with E-state index >= 15 is 0 Å². The van der Waals surface area contributed by atoms with Crippen molar-refractivity contribution >= 4 is 40.5 Å². The van der Waals surface area contributed by atoms with Gasteiger partial charge in [-0.1, -0.05) is 40.6 Å². The molecule has 0 radical (unpaired) electrons. The molecule has 0 spiro atoms. The van der Waals surface area contributed by atoms with Crippen LogP contribution in [0.4, 0.5) is 4.39 Å². The molecule has 0 saturated heterocycles. The van der Waals surface area contributed by atoms with Crippen molar-refractivity contribution < 1.29 is 13.9 Å². The predicted octanol–water partition coefficient (Wildman–Crippen LogP) is 5.53. The standard InChI is InChI=1S/C17H13Cl2FN2O2S/c1-9-7-16(24-17(23)14-5-6-15(20)25-14)22(21-9)10(2)11-3-4-12(18)13(19)8-11/h3-8,10H,1-2H3. The number of hydrogen-bond acceptors (Lipinski definition) is 4. The minimum atomic E-state index is -0.628. The van der Waals surface area contributed by atoms with Gasteiger partial charge in [-0.3, -0.25) is 0 Å². The average Bonchev–Trinajstić information content (AvgIpc) is 3.15. The van der Waals surface area contributed by atoms with E-state index in [1.807, 2.05) is 13.0 Å². The fraction of sp³-hybridized carbons (Fsp3) is 0.176. The molecule has 25 heavy (non-hydrogen) atoms. The Labute approximate surface area is 157 Å². The summed E-state index contributed by atoms with van der Waals surface area (Å²) in [5.41, 5.74) is 1.55. The smallest absolute Gasteiger partial charge is 0.355 e. The lowest BCUT2D eigenvalue weighted by Crippen LogP contribution is -2.15. The number of ether oxygens (including phenoxy) is 1. The molecule has 0 amide bonds. The van der Waals surface area contributed by atoms with Crippen molar-refractivity contribution in [2.75, 3.05) is 0 Å². The second-order valence-electron chi connectivity index (χ2n) is 5.41. The molecule has 0 bridgehead atoms. The molecule has 3 rings (SSSR count). The van der Waals surface area contributed by atoms with Gasteiger partial charge >= 0.3 is 5.97 Å². The summed E-state index contributed by atoms with van der Waals surface area (Å²) in [6.07, 6.45) is 0. The van der Waals surface area contributed by atoms with Crippen molar-refractivity contribution in [3.05, 3.63) is 67.7 Å². The number of rotatable bonds is 4. The summed E-state index contributed by atoms with van der Waals surface area (Å²) in [6.45, 7) is 3.69. The highest BCUT2D eigenvalue weighted by Gasteiger charge is 2.20. The number of nitrogens with zero attached hydrogens (tertiary/aromatic N) is 2. The molecular weight excluding hydrogens is 386 g/mol. The maximum atomic E-state index is 13.1. The van der Waals surface area contributed by atoms with E-state index < -0.39 is 11.1 Å². The molecule has 1 aromatic carbocycles. The van der Waals surface area contributed by atoms with Crippen LogP contribution in [0.1, 0.15) is 33.9 Å². The van der Waals surface area contributed by atoms with Crippen molar-refractivity contribution in [3.63, 3.8) is 0 Å². The molecule has 3 aromatic rings. The van der Waals surface area contributed by atoms with E-state index in [2.05, 4.69) is 5.10 Å². The van der Waals surface area contributed by atoms with Crippen LogP contribution >= 0.6 is 34.5 Å². The monoisotopic (exact) mass is 398 g/mol. The Kier molecular flexibility index (Phi) is 5.13. The minimum absolute atomic E-state index is 0.185. The highest BCUT2D eigenvalue weighted by Crippen LogP contribution is 2.30. The first-order chi connectivity index (χ1) is 11.8. The lowest BCUT2D eigenvalue weighted by molar-refractivity contribution is 0.0722. The summed E-state index contributed by atoms with van der Waals surface area (Å²) in [6, 6.07) is 9.29. The Morgan fingerprint density at radius 3 is 2.64 bits per heavy atom. The molecule has 0 fully saturated rings. The first-order valence-corrected chi connectivity index (χ1v) is 8.91. The van der Waals surface area contributed by atoms with Gasteiger partial charge in [-0.15, -0.1) is 0 Å². The van der Waals surface area contributed by atoms with Crippen molar-refractivity contribution in [1.82, 2.24) is 9.78 Å². The third-order valence-corrected chi connectivity index (χ3v) is 5.18. The molecule has 2 aromatic heterocycles. The van der Waals surface area contributed by atoms with Crippen molar-refractivity contribution in [2.24, 2.45) is 0 Å². The van der Waals surface area contributed by atoms with E-state index in [0.29, 0.717) is 15.7 Å². The fourth-order valence-electron chi connectivity index (χ4n) is 2.33. The third kappa shape index (κ3) is 3.86. The zero-order valence-electron chi connectivity index (χ0n) is 13.3. The number of esters is 1. The zero-order chi connectivity index (χ0) is 18.1. The van der Waals surface area contributed by atoms with Crippen LogP contribution < -0.4 is 4.74 Å². The number of aryl methyl sites for hydroxylation is 1. The summed E-state index contributed by atoms with van der Waals surface area (Å²) in [4.78, 5) is 12.4. The molecule has 8 heteroatoms. The number of carbonyl (C=O) groups is 1. The molecule has 1 unspecified atom stereocenters. The normalized spacial score (nSPS) is 12.2. The summed E-state index contributed by atoms with van der Waals surface area (Å²) in [7, 11) is 0. The molecule has 0 aliphatic heterocycles. The van der Waals surface area contributed by atoms with Crippen LogP contribution in [0.25, 0.3) is 0 Å². The highest BCUT2D eigenvalue weighted by atomic mass is 35.5. The quantitative estimate of drug-likeness (QED) is 0.542. The Bertz CT molecular complexity index is 939. The van der Waals surface area contributed by atoms with Crippen LogP contribution in [0.15, 0.2) is 36.4 Å². The predicted molar refractivity (Wildman–Crippen MR) is 96.5 cm³/mol. The van der Waals surface area contributed by atoms with E-state index in [1.54, 1.807) is 29.8 Å². The van der Waals surface area contributed by atoms with Gasteiger partial charge in [0.05, 0.1) is 21.8 Å². The number of hydrogen-bond donors (Lipinski definition) is 0. The Morgan fingerprint density at radius 1 is 1.24 bits per heavy atom. The van der Waals surface area contributed by atoms with E-state index in [-0.39, 0.29) is 16.8 Å². The summed E-state index contributed by atoms with van der Waals surface area (Å²) in [5, 5.41) is 4.83. The maximum Gasteiger partial charge on any atom is 0.355 e. The van der Waals surface area contributed by atoms with Crippen LogP contribution in [0.3, 0.4) is 0 Å². The average molecular weight is 399 g/mol. The number of carbonyl (C=O) groups excluding carboxylic acids is 1. The van der Waals surface area contributed by atoms with Gasteiger partial charge in [-0.2, -0.15) is 9.49 Å². The summed E-state index contributed by atoms with van der Waals surface area (Å²) >= 11 is 12.8. The molecule has 0 aliphatic rings. The Hall–Kier alpha value is -1.89. The van der Waals surface area contributed by atoms with Gasteiger partial charge in [0, 0.05) is 6.07 Å². The number of thiophene rings is 1.